The first-order chi connectivity index (χ1) is 8.28. The normalized spacial score (nSPS) is 17.7. The summed E-state index contributed by atoms with van der Waals surface area (Å²) >= 11 is 0. The van der Waals surface area contributed by atoms with Gasteiger partial charge in [0, 0.05) is 32.7 Å². The van der Waals surface area contributed by atoms with Crippen LogP contribution in [0.4, 0.5) is 0 Å². The fourth-order valence-corrected chi connectivity index (χ4v) is 2.20. The minimum atomic E-state index is -3.97. The van der Waals surface area contributed by atoms with Gasteiger partial charge in [0.1, 0.15) is 6.42 Å². The molecule has 0 saturated carbocycles. The Balaban J connectivity index is 2.32. The average molecular weight is 280 g/mol. The van der Waals surface area contributed by atoms with Gasteiger partial charge in [-0.3, -0.25) is 19.0 Å². The zero-order chi connectivity index (χ0) is 13.8. The minimum absolute atomic E-state index is 0.208. The third-order valence-electron chi connectivity index (χ3n) is 2.69. The number of hydrogen-bond donors (Lipinski definition) is 2. The Labute approximate surface area is 105 Å². The first-order valence-electron chi connectivity index (χ1n) is 5.45. The summed E-state index contributed by atoms with van der Waals surface area (Å²) in [4.78, 5) is 25.0. The number of piperazine rings is 1. The molecule has 0 radical (unpaired) electrons. The molecule has 1 rings (SSSR count). The zero-order valence-corrected chi connectivity index (χ0v) is 10.6. The van der Waals surface area contributed by atoms with E-state index in [-0.39, 0.29) is 12.3 Å². The lowest BCUT2D eigenvalue weighted by Crippen LogP contribution is -2.49. The average Bonchev–Trinajstić information content (AvgIpc) is 2.25. The first-order valence-corrected chi connectivity index (χ1v) is 7.06. The number of aliphatic carboxylic acids is 1. The van der Waals surface area contributed by atoms with E-state index in [0.29, 0.717) is 26.2 Å². The van der Waals surface area contributed by atoms with Crippen LogP contribution in [0.1, 0.15) is 6.42 Å². The summed E-state index contributed by atoms with van der Waals surface area (Å²) in [5.41, 5.74) is 0. The molecule has 0 atom stereocenters. The Morgan fingerprint density at radius 1 is 1.11 bits per heavy atom. The summed E-state index contributed by atoms with van der Waals surface area (Å²) in [7, 11) is -3.97. The van der Waals surface area contributed by atoms with E-state index in [1.165, 1.54) is 4.90 Å². The Kier molecular flexibility index (Phi) is 5.05. The monoisotopic (exact) mass is 280 g/mol. The Bertz CT molecular complexity index is 413. The molecule has 1 aliphatic rings. The summed E-state index contributed by atoms with van der Waals surface area (Å²) in [6, 6.07) is 0. The smallest absolute Gasteiger partial charge is 0.312 e. The molecule has 0 aromatic rings. The van der Waals surface area contributed by atoms with Crippen LogP contribution in [0, 0.1) is 0 Å². The van der Waals surface area contributed by atoms with Crippen molar-refractivity contribution >= 4 is 22.0 Å². The molecule has 2 N–H and O–H groups in total. The van der Waals surface area contributed by atoms with Crippen LogP contribution >= 0.6 is 0 Å². The van der Waals surface area contributed by atoms with Gasteiger partial charge in [-0.15, -0.1) is 0 Å². The largest absolute Gasteiger partial charge is 0.481 e. The van der Waals surface area contributed by atoms with Gasteiger partial charge in [-0.1, -0.05) is 0 Å². The summed E-state index contributed by atoms with van der Waals surface area (Å²) in [5.74, 6) is -1.93. The molecule has 104 valence electrons. The number of nitrogens with zero attached hydrogens (tertiary/aromatic N) is 2. The lowest BCUT2D eigenvalue weighted by molar-refractivity contribution is -0.145. The molecule has 9 heteroatoms. The highest BCUT2D eigenvalue weighted by Crippen LogP contribution is 2.04. The highest BCUT2D eigenvalue weighted by Gasteiger charge is 2.23. The van der Waals surface area contributed by atoms with Gasteiger partial charge in [-0.25, -0.2) is 0 Å². The second kappa shape index (κ2) is 6.12. The van der Waals surface area contributed by atoms with Crippen molar-refractivity contribution in [1.82, 2.24) is 9.80 Å². The van der Waals surface area contributed by atoms with Crippen molar-refractivity contribution in [2.24, 2.45) is 0 Å². The Morgan fingerprint density at radius 3 is 2.11 bits per heavy atom. The molecule has 8 nitrogen and oxygen atoms in total. The minimum Gasteiger partial charge on any atom is -0.481 e. The summed E-state index contributed by atoms with van der Waals surface area (Å²) in [6.07, 6.45) is -0.523. The first kappa shape index (κ1) is 14.9. The SMILES string of the molecule is O=C(O)CC(=O)N1CCN(CCS(=O)(=O)O)CC1. The zero-order valence-electron chi connectivity index (χ0n) is 9.78. The number of carboxylic acids is 1. The molecule has 0 unspecified atom stereocenters. The van der Waals surface area contributed by atoms with Crippen LogP contribution in [0.25, 0.3) is 0 Å². The van der Waals surface area contributed by atoms with Crippen LogP contribution in [0.5, 0.6) is 0 Å². The molecule has 0 bridgehead atoms. The fraction of sp³-hybridized carbons (Fsp3) is 0.778. The van der Waals surface area contributed by atoms with Gasteiger partial charge in [0.25, 0.3) is 10.1 Å². The van der Waals surface area contributed by atoms with Gasteiger partial charge in [0.2, 0.25) is 5.91 Å². The van der Waals surface area contributed by atoms with Crippen LogP contribution in [-0.4, -0.2) is 78.2 Å². The summed E-state index contributed by atoms with van der Waals surface area (Å²) in [5, 5.41) is 8.49. The van der Waals surface area contributed by atoms with Gasteiger partial charge in [0.05, 0.1) is 5.75 Å². The molecule has 18 heavy (non-hydrogen) atoms. The van der Waals surface area contributed by atoms with E-state index < -0.39 is 28.4 Å². The summed E-state index contributed by atoms with van der Waals surface area (Å²) < 4.78 is 29.7. The van der Waals surface area contributed by atoms with E-state index in [4.69, 9.17) is 9.66 Å². The fourth-order valence-electron chi connectivity index (χ4n) is 1.71. The van der Waals surface area contributed by atoms with Crippen molar-refractivity contribution in [3.8, 4) is 0 Å². The number of carboxylic acid groups (broad SMARTS) is 1. The maximum Gasteiger partial charge on any atom is 0.312 e. The molecular weight excluding hydrogens is 264 g/mol. The van der Waals surface area contributed by atoms with E-state index in [0.717, 1.165) is 0 Å². The van der Waals surface area contributed by atoms with Gasteiger partial charge in [-0.05, 0) is 0 Å². The van der Waals surface area contributed by atoms with Crippen LogP contribution < -0.4 is 0 Å². The second-order valence-electron chi connectivity index (χ2n) is 4.08. The van der Waals surface area contributed by atoms with Crippen molar-refractivity contribution in [3.05, 3.63) is 0 Å². The quantitative estimate of drug-likeness (QED) is 0.465. The van der Waals surface area contributed by atoms with Crippen LogP contribution in [-0.2, 0) is 19.7 Å². The standard InChI is InChI=1S/C9H16N2O6S/c12-8(7-9(13)14)11-3-1-10(2-4-11)5-6-18(15,16)17/h1-7H2,(H,13,14)(H,15,16,17). The third-order valence-corrected chi connectivity index (χ3v) is 3.39. The number of carbonyl (C=O) groups is 2. The second-order valence-corrected chi connectivity index (χ2v) is 5.65. The topological polar surface area (TPSA) is 115 Å². The molecule has 1 aliphatic heterocycles. The van der Waals surface area contributed by atoms with E-state index in [2.05, 4.69) is 0 Å². The number of hydrogen-bond acceptors (Lipinski definition) is 5. The molecule has 0 aromatic carbocycles. The van der Waals surface area contributed by atoms with Gasteiger partial charge in [0.15, 0.2) is 0 Å². The summed E-state index contributed by atoms with van der Waals surface area (Å²) in [6.45, 7) is 1.90. The molecule has 1 heterocycles. The highest BCUT2D eigenvalue weighted by atomic mass is 32.2. The molecule has 1 fully saturated rings. The number of amides is 1. The van der Waals surface area contributed by atoms with Crippen LogP contribution in [0.2, 0.25) is 0 Å². The molecule has 0 aliphatic carbocycles. The lowest BCUT2D eigenvalue weighted by atomic mass is 10.3. The van der Waals surface area contributed by atoms with Crippen molar-refractivity contribution < 1.29 is 27.7 Å². The van der Waals surface area contributed by atoms with Crippen LogP contribution in [0.3, 0.4) is 0 Å². The maximum atomic E-state index is 11.4. The molecular formula is C9H16N2O6S. The predicted octanol–water partition coefficient (Wildman–Crippen LogP) is -1.51. The maximum absolute atomic E-state index is 11.4. The molecule has 1 saturated heterocycles. The van der Waals surface area contributed by atoms with Crippen LogP contribution in [0.15, 0.2) is 0 Å². The Morgan fingerprint density at radius 2 is 1.67 bits per heavy atom. The Hall–Kier alpha value is -1.19. The molecule has 0 spiro atoms. The highest BCUT2D eigenvalue weighted by molar-refractivity contribution is 7.85. The van der Waals surface area contributed by atoms with E-state index in [1.54, 1.807) is 4.90 Å². The number of carbonyl (C=O) groups excluding carboxylic acids is 1. The van der Waals surface area contributed by atoms with Gasteiger partial charge < -0.3 is 10.0 Å². The van der Waals surface area contributed by atoms with Gasteiger partial charge >= 0.3 is 5.97 Å². The van der Waals surface area contributed by atoms with E-state index >= 15 is 0 Å². The lowest BCUT2D eigenvalue weighted by Gasteiger charge is -2.34. The van der Waals surface area contributed by atoms with Crippen molar-refractivity contribution in [2.45, 2.75) is 6.42 Å². The van der Waals surface area contributed by atoms with Crippen molar-refractivity contribution in [1.29, 1.82) is 0 Å². The predicted molar refractivity (Wildman–Crippen MR) is 61.7 cm³/mol. The van der Waals surface area contributed by atoms with E-state index in [1.807, 2.05) is 0 Å². The molecule has 1 amide bonds. The number of rotatable bonds is 5. The van der Waals surface area contributed by atoms with Crippen molar-refractivity contribution in [2.75, 3.05) is 38.5 Å². The van der Waals surface area contributed by atoms with E-state index in [9.17, 15) is 18.0 Å². The van der Waals surface area contributed by atoms with Gasteiger partial charge in [-0.2, -0.15) is 8.42 Å². The van der Waals surface area contributed by atoms with Crippen molar-refractivity contribution in [3.63, 3.8) is 0 Å². The third kappa shape index (κ3) is 5.43. The molecule has 0 aromatic heterocycles.